The van der Waals surface area contributed by atoms with Crippen molar-refractivity contribution in [3.63, 3.8) is 0 Å². The van der Waals surface area contributed by atoms with Crippen molar-refractivity contribution >= 4 is 49.6 Å². The topological polar surface area (TPSA) is 8.17 Å². The number of benzene rings is 13. The van der Waals surface area contributed by atoms with E-state index in [2.05, 4.69) is 325 Å². The predicted molar refractivity (Wildman–Crippen MR) is 332 cm³/mol. The van der Waals surface area contributed by atoms with Crippen LogP contribution in [0, 0.1) is 0 Å². The average molecular weight is 1010 g/mol. The van der Waals surface area contributed by atoms with Crippen molar-refractivity contribution in [1.29, 1.82) is 0 Å². The summed E-state index contributed by atoms with van der Waals surface area (Å²) in [5, 5.41) is 4.87. The fourth-order valence-corrected chi connectivity index (χ4v) is 12.8. The summed E-state index contributed by atoms with van der Waals surface area (Å²) >= 11 is 0. The number of anilines is 3. The van der Waals surface area contributed by atoms with E-state index < -0.39 is 5.41 Å². The SMILES string of the molecule is c1ccc(-c2cc(-c3ccccc3)cc(-n3c4ccccc4c4cc(-c5ccc(-c6cccc(N(c7ccc8c(c7)C(c7ccccc7)(c7ccccc7)c7ccccc7-8)c7ccc8ccccc8c7)c6)cc5)ccc43)c2)cc1. The van der Waals surface area contributed by atoms with Crippen LogP contribution in [0.25, 0.3) is 93.9 Å². The number of fused-ring (bicyclic) bond motifs is 7. The standard InChI is InChI=1S/C77H52N2/c1-5-20-53(21-6-1)61-46-62(54-22-7-2-8-23-54)50-68(49-61)79-75-35-18-16-33-71(75)72-51-60(41-45-76(72)79)57-38-36-56(37-39-57)59-26-19-31-65(47-59)78(66-42-40-55-24-13-14-25-58(55)48-66)67-43-44-70-69-32-15-17-34-73(69)77(74(70)52-67,63-27-9-3-10-28-63)64-29-11-4-12-30-64/h1-52H. The average Bonchev–Trinajstić information content (AvgIpc) is 4.22. The number of hydrogen-bond donors (Lipinski definition) is 0. The van der Waals surface area contributed by atoms with Gasteiger partial charge in [-0.05, 0) is 161 Å². The van der Waals surface area contributed by atoms with Gasteiger partial charge in [-0.2, -0.15) is 0 Å². The number of aromatic nitrogens is 1. The van der Waals surface area contributed by atoms with Gasteiger partial charge >= 0.3 is 0 Å². The largest absolute Gasteiger partial charge is 0.310 e. The fraction of sp³-hybridized carbons (Fsp3) is 0.0130. The molecule has 370 valence electrons. The minimum Gasteiger partial charge on any atom is -0.310 e. The third-order valence-corrected chi connectivity index (χ3v) is 16.4. The lowest BCUT2D eigenvalue weighted by Gasteiger charge is -2.35. The Kier molecular flexibility index (Phi) is 11.1. The van der Waals surface area contributed by atoms with E-state index in [1.54, 1.807) is 0 Å². The lowest BCUT2D eigenvalue weighted by atomic mass is 9.67. The van der Waals surface area contributed by atoms with Gasteiger partial charge in [0.2, 0.25) is 0 Å². The fourth-order valence-electron chi connectivity index (χ4n) is 12.8. The molecule has 0 N–H and O–H groups in total. The van der Waals surface area contributed by atoms with Crippen LogP contribution in [-0.2, 0) is 5.41 Å². The van der Waals surface area contributed by atoms with E-state index in [1.807, 2.05) is 0 Å². The van der Waals surface area contributed by atoms with E-state index >= 15 is 0 Å². The zero-order valence-electron chi connectivity index (χ0n) is 43.4. The summed E-state index contributed by atoms with van der Waals surface area (Å²) in [5.74, 6) is 0. The number of nitrogens with zero attached hydrogens (tertiary/aromatic N) is 2. The Labute approximate surface area is 461 Å². The summed E-state index contributed by atoms with van der Waals surface area (Å²) in [4.78, 5) is 2.44. The highest BCUT2D eigenvalue weighted by molar-refractivity contribution is 6.11. The number of rotatable bonds is 10. The maximum atomic E-state index is 2.46. The Bertz CT molecular complexity index is 4480. The van der Waals surface area contributed by atoms with Crippen LogP contribution in [-0.4, -0.2) is 4.57 Å². The van der Waals surface area contributed by atoms with Crippen LogP contribution in [0.5, 0.6) is 0 Å². The van der Waals surface area contributed by atoms with Crippen LogP contribution in [0.1, 0.15) is 22.3 Å². The normalized spacial score (nSPS) is 12.4. The first-order valence-electron chi connectivity index (χ1n) is 27.3. The molecule has 2 heteroatoms. The molecule has 0 aliphatic heterocycles. The zero-order chi connectivity index (χ0) is 52.3. The molecule has 0 unspecified atom stereocenters. The quantitative estimate of drug-likeness (QED) is 0.133. The molecular weight excluding hydrogens is 953 g/mol. The molecule has 1 aliphatic carbocycles. The van der Waals surface area contributed by atoms with E-state index in [0.717, 1.165) is 33.9 Å². The van der Waals surface area contributed by atoms with Crippen LogP contribution in [0.15, 0.2) is 315 Å². The van der Waals surface area contributed by atoms with Gasteiger partial charge in [0, 0.05) is 33.5 Å². The van der Waals surface area contributed by atoms with E-state index in [1.165, 1.54) is 99.3 Å². The van der Waals surface area contributed by atoms with E-state index in [9.17, 15) is 0 Å². The van der Waals surface area contributed by atoms with Gasteiger partial charge in [-0.1, -0.05) is 243 Å². The van der Waals surface area contributed by atoms with Crippen molar-refractivity contribution in [3.05, 3.63) is 338 Å². The second kappa shape index (κ2) is 19.1. The summed E-state index contributed by atoms with van der Waals surface area (Å²) in [5.41, 5.74) is 23.3. The van der Waals surface area contributed by atoms with Gasteiger partial charge in [0.05, 0.1) is 16.4 Å². The lowest BCUT2D eigenvalue weighted by Crippen LogP contribution is -2.28. The Morgan fingerprint density at radius 3 is 1.44 bits per heavy atom. The smallest absolute Gasteiger partial charge is 0.0714 e. The molecule has 0 radical (unpaired) electrons. The molecule has 0 atom stereocenters. The van der Waals surface area contributed by atoms with Gasteiger partial charge < -0.3 is 9.47 Å². The Morgan fingerprint density at radius 2 is 0.747 bits per heavy atom. The van der Waals surface area contributed by atoms with Crippen molar-refractivity contribution < 1.29 is 0 Å². The molecule has 0 bridgehead atoms. The molecule has 0 saturated heterocycles. The third-order valence-electron chi connectivity index (χ3n) is 16.4. The van der Waals surface area contributed by atoms with Gasteiger partial charge in [-0.3, -0.25) is 0 Å². The van der Waals surface area contributed by atoms with Crippen LogP contribution in [0.3, 0.4) is 0 Å². The Morgan fingerprint density at radius 1 is 0.253 bits per heavy atom. The van der Waals surface area contributed by atoms with Crippen molar-refractivity contribution in [1.82, 2.24) is 4.57 Å². The maximum absolute atomic E-state index is 2.46. The molecule has 79 heavy (non-hydrogen) atoms. The molecule has 2 nitrogen and oxygen atoms in total. The van der Waals surface area contributed by atoms with Crippen molar-refractivity contribution in [3.8, 4) is 61.3 Å². The second-order valence-electron chi connectivity index (χ2n) is 20.8. The molecule has 13 aromatic carbocycles. The molecule has 0 spiro atoms. The van der Waals surface area contributed by atoms with Crippen molar-refractivity contribution in [2.75, 3.05) is 4.90 Å². The summed E-state index contributed by atoms with van der Waals surface area (Å²) in [6.45, 7) is 0. The molecule has 0 amide bonds. The molecule has 0 fully saturated rings. The van der Waals surface area contributed by atoms with Crippen LogP contribution < -0.4 is 4.90 Å². The van der Waals surface area contributed by atoms with Gasteiger partial charge in [0.15, 0.2) is 0 Å². The first-order valence-corrected chi connectivity index (χ1v) is 27.3. The van der Waals surface area contributed by atoms with Crippen molar-refractivity contribution in [2.45, 2.75) is 5.41 Å². The molecule has 14 aromatic rings. The highest BCUT2D eigenvalue weighted by Crippen LogP contribution is 2.57. The molecule has 0 saturated carbocycles. The minimum absolute atomic E-state index is 0.522. The second-order valence-corrected chi connectivity index (χ2v) is 20.8. The molecular formula is C77H52N2. The first kappa shape index (κ1) is 46.1. The van der Waals surface area contributed by atoms with E-state index in [-0.39, 0.29) is 0 Å². The predicted octanol–water partition coefficient (Wildman–Crippen LogP) is 20.4. The van der Waals surface area contributed by atoms with E-state index in [4.69, 9.17) is 0 Å². The highest BCUT2D eigenvalue weighted by atomic mass is 15.1. The summed E-state index contributed by atoms with van der Waals surface area (Å²) in [6.07, 6.45) is 0. The Balaban J connectivity index is 0.825. The maximum Gasteiger partial charge on any atom is 0.0714 e. The monoisotopic (exact) mass is 1000 g/mol. The van der Waals surface area contributed by atoms with Gasteiger partial charge in [0.25, 0.3) is 0 Å². The van der Waals surface area contributed by atoms with E-state index in [0.29, 0.717) is 0 Å². The number of para-hydroxylation sites is 1. The van der Waals surface area contributed by atoms with Crippen LogP contribution in [0.2, 0.25) is 0 Å². The molecule has 1 heterocycles. The summed E-state index contributed by atoms with van der Waals surface area (Å²) < 4.78 is 2.44. The van der Waals surface area contributed by atoms with Gasteiger partial charge in [-0.25, -0.2) is 0 Å². The lowest BCUT2D eigenvalue weighted by molar-refractivity contribution is 0.768. The number of hydrogen-bond acceptors (Lipinski definition) is 1. The van der Waals surface area contributed by atoms with Crippen LogP contribution in [0.4, 0.5) is 17.1 Å². The minimum atomic E-state index is -0.522. The Hall–Kier alpha value is -10.3. The molecule has 1 aromatic heterocycles. The van der Waals surface area contributed by atoms with Gasteiger partial charge in [0.1, 0.15) is 0 Å². The highest BCUT2D eigenvalue weighted by Gasteiger charge is 2.46. The summed E-state index contributed by atoms with van der Waals surface area (Å²) in [7, 11) is 0. The first-order chi connectivity index (χ1) is 39.2. The summed E-state index contributed by atoms with van der Waals surface area (Å²) in [6, 6.07) is 116. The van der Waals surface area contributed by atoms with Crippen molar-refractivity contribution in [2.24, 2.45) is 0 Å². The molecule has 1 aliphatic rings. The van der Waals surface area contributed by atoms with Gasteiger partial charge in [-0.15, -0.1) is 0 Å². The zero-order valence-corrected chi connectivity index (χ0v) is 43.4. The third kappa shape index (κ3) is 7.79. The molecule has 15 rings (SSSR count). The van der Waals surface area contributed by atoms with Crippen LogP contribution >= 0.6 is 0 Å².